The van der Waals surface area contributed by atoms with Crippen LogP contribution in [-0.2, 0) is 4.74 Å². The van der Waals surface area contributed by atoms with Crippen molar-refractivity contribution < 1.29 is 9.53 Å². The normalized spacial score (nSPS) is 12.6. The van der Waals surface area contributed by atoms with Gasteiger partial charge in [-0.15, -0.1) is 6.42 Å². The SMILES string of the molecule is C#CCNC(C)CCCNC(=O)OC(C)(C)C. The van der Waals surface area contributed by atoms with Gasteiger partial charge in [-0.05, 0) is 40.5 Å². The molecule has 0 aromatic heterocycles. The van der Waals surface area contributed by atoms with Gasteiger partial charge in [0.05, 0.1) is 6.54 Å². The molecule has 0 fully saturated rings. The van der Waals surface area contributed by atoms with E-state index in [9.17, 15) is 4.79 Å². The van der Waals surface area contributed by atoms with Crippen LogP contribution in [-0.4, -0.2) is 30.8 Å². The lowest BCUT2D eigenvalue weighted by Crippen LogP contribution is -2.33. The first-order valence-corrected chi connectivity index (χ1v) is 5.99. The Morgan fingerprint density at radius 1 is 1.47 bits per heavy atom. The molecule has 4 nitrogen and oxygen atoms in total. The molecule has 0 aliphatic rings. The highest BCUT2D eigenvalue weighted by Crippen LogP contribution is 2.06. The molecule has 4 heteroatoms. The number of hydrogen-bond donors (Lipinski definition) is 2. The van der Waals surface area contributed by atoms with Gasteiger partial charge in [-0.3, -0.25) is 0 Å². The van der Waals surface area contributed by atoms with E-state index in [1.54, 1.807) is 0 Å². The average Bonchev–Trinajstić information content (AvgIpc) is 2.19. The van der Waals surface area contributed by atoms with Crippen LogP contribution in [0, 0.1) is 12.3 Å². The topological polar surface area (TPSA) is 50.4 Å². The molecule has 1 amide bonds. The molecule has 0 saturated carbocycles. The number of carbonyl (C=O) groups excluding carboxylic acids is 1. The minimum Gasteiger partial charge on any atom is -0.444 e. The third-order valence-corrected chi connectivity index (χ3v) is 2.03. The fourth-order valence-electron chi connectivity index (χ4n) is 1.25. The van der Waals surface area contributed by atoms with Crippen LogP contribution in [0.2, 0.25) is 0 Å². The van der Waals surface area contributed by atoms with E-state index in [0.29, 0.717) is 19.1 Å². The monoisotopic (exact) mass is 240 g/mol. The summed E-state index contributed by atoms with van der Waals surface area (Å²) in [5, 5.41) is 5.90. The standard InChI is InChI=1S/C13H24N2O2/c1-6-9-14-11(2)8-7-10-15-12(16)17-13(3,4)5/h1,11,14H,7-10H2,2-5H3,(H,15,16). The van der Waals surface area contributed by atoms with E-state index >= 15 is 0 Å². The van der Waals surface area contributed by atoms with Crippen molar-refractivity contribution >= 4 is 6.09 Å². The summed E-state index contributed by atoms with van der Waals surface area (Å²) >= 11 is 0. The fourth-order valence-corrected chi connectivity index (χ4v) is 1.25. The van der Waals surface area contributed by atoms with Gasteiger partial charge in [-0.1, -0.05) is 5.92 Å². The first kappa shape index (κ1) is 15.8. The highest BCUT2D eigenvalue weighted by molar-refractivity contribution is 5.67. The highest BCUT2D eigenvalue weighted by Gasteiger charge is 2.15. The summed E-state index contributed by atoms with van der Waals surface area (Å²) in [6, 6.07) is 0.367. The number of ether oxygens (including phenoxy) is 1. The molecule has 1 unspecified atom stereocenters. The van der Waals surface area contributed by atoms with Crippen LogP contribution >= 0.6 is 0 Å². The van der Waals surface area contributed by atoms with E-state index in [0.717, 1.165) is 12.8 Å². The van der Waals surface area contributed by atoms with Gasteiger partial charge in [0.1, 0.15) is 5.60 Å². The summed E-state index contributed by atoms with van der Waals surface area (Å²) in [4.78, 5) is 11.3. The van der Waals surface area contributed by atoms with Crippen molar-refractivity contribution in [1.82, 2.24) is 10.6 Å². The fraction of sp³-hybridized carbons (Fsp3) is 0.769. The van der Waals surface area contributed by atoms with Crippen LogP contribution in [0.25, 0.3) is 0 Å². The Morgan fingerprint density at radius 2 is 2.12 bits per heavy atom. The Kier molecular flexibility index (Phi) is 7.40. The van der Waals surface area contributed by atoms with Gasteiger partial charge < -0.3 is 15.4 Å². The molecule has 0 saturated heterocycles. The van der Waals surface area contributed by atoms with E-state index in [1.807, 2.05) is 20.8 Å². The average molecular weight is 240 g/mol. The van der Waals surface area contributed by atoms with E-state index in [1.165, 1.54) is 0 Å². The third kappa shape index (κ3) is 11.1. The van der Waals surface area contributed by atoms with Crippen LogP contribution in [0.5, 0.6) is 0 Å². The first-order chi connectivity index (χ1) is 7.85. The highest BCUT2D eigenvalue weighted by atomic mass is 16.6. The van der Waals surface area contributed by atoms with Crippen molar-refractivity contribution in [2.45, 2.75) is 52.2 Å². The van der Waals surface area contributed by atoms with E-state index in [2.05, 4.69) is 23.5 Å². The lowest BCUT2D eigenvalue weighted by atomic mass is 10.2. The molecule has 0 rings (SSSR count). The zero-order valence-electron chi connectivity index (χ0n) is 11.3. The largest absolute Gasteiger partial charge is 0.444 e. The quantitative estimate of drug-likeness (QED) is 0.551. The first-order valence-electron chi connectivity index (χ1n) is 5.99. The molecule has 0 aromatic carbocycles. The van der Waals surface area contributed by atoms with Crippen LogP contribution in [0.15, 0.2) is 0 Å². The zero-order chi connectivity index (χ0) is 13.3. The Labute approximate surface area is 104 Å². The minimum atomic E-state index is -0.439. The maximum atomic E-state index is 11.3. The zero-order valence-corrected chi connectivity index (χ0v) is 11.3. The van der Waals surface area contributed by atoms with Crippen molar-refractivity contribution in [3.8, 4) is 12.3 Å². The number of rotatable bonds is 6. The van der Waals surface area contributed by atoms with Crippen LogP contribution < -0.4 is 10.6 Å². The van der Waals surface area contributed by atoms with Gasteiger partial charge in [0.15, 0.2) is 0 Å². The van der Waals surface area contributed by atoms with Crippen LogP contribution in [0.3, 0.4) is 0 Å². The second kappa shape index (κ2) is 7.97. The van der Waals surface area contributed by atoms with E-state index in [4.69, 9.17) is 11.2 Å². The second-order valence-electron chi connectivity index (χ2n) is 5.06. The Morgan fingerprint density at radius 3 is 2.65 bits per heavy atom. The lowest BCUT2D eigenvalue weighted by molar-refractivity contribution is 0.0526. The summed E-state index contributed by atoms with van der Waals surface area (Å²) in [7, 11) is 0. The molecule has 0 aromatic rings. The molecule has 0 heterocycles. The van der Waals surface area contributed by atoms with Gasteiger partial charge in [0, 0.05) is 12.6 Å². The third-order valence-electron chi connectivity index (χ3n) is 2.03. The molecular formula is C13H24N2O2. The molecule has 17 heavy (non-hydrogen) atoms. The maximum Gasteiger partial charge on any atom is 0.407 e. The molecule has 0 aliphatic heterocycles. The van der Waals surface area contributed by atoms with Gasteiger partial charge in [-0.25, -0.2) is 4.79 Å². The van der Waals surface area contributed by atoms with Gasteiger partial charge >= 0.3 is 6.09 Å². The van der Waals surface area contributed by atoms with Crippen molar-refractivity contribution in [2.24, 2.45) is 0 Å². The molecule has 0 bridgehead atoms. The minimum absolute atomic E-state index is 0.360. The van der Waals surface area contributed by atoms with E-state index < -0.39 is 5.60 Å². The van der Waals surface area contributed by atoms with Crippen molar-refractivity contribution in [2.75, 3.05) is 13.1 Å². The van der Waals surface area contributed by atoms with Gasteiger partial charge in [0.25, 0.3) is 0 Å². The van der Waals surface area contributed by atoms with Gasteiger partial charge in [-0.2, -0.15) is 0 Å². The second-order valence-corrected chi connectivity index (χ2v) is 5.06. The van der Waals surface area contributed by atoms with Gasteiger partial charge in [0.2, 0.25) is 0 Å². The summed E-state index contributed by atoms with van der Waals surface area (Å²) in [6.45, 7) is 8.82. The molecule has 98 valence electrons. The molecule has 2 N–H and O–H groups in total. The Hall–Kier alpha value is -1.21. The van der Waals surface area contributed by atoms with Crippen molar-refractivity contribution in [3.05, 3.63) is 0 Å². The number of hydrogen-bond acceptors (Lipinski definition) is 3. The molecule has 0 radical (unpaired) electrons. The van der Waals surface area contributed by atoms with Crippen molar-refractivity contribution in [3.63, 3.8) is 0 Å². The summed E-state index contributed by atoms with van der Waals surface area (Å²) in [5.41, 5.74) is -0.439. The Bertz CT molecular complexity index is 264. The Balaban J connectivity index is 3.52. The summed E-state index contributed by atoms with van der Waals surface area (Å²) in [5.74, 6) is 2.53. The predicted octanol–water partition coefficient (Wildman–Crippen LogP) is 1.90. The number of amides is 1. The molecular weight excluding hydrogens is 216 g/mol. The van der Waals surface area contributed by atoms with Crippen LogP contribution in [0.4, 0.5) is 4.79 Å². The smallest absolute Gasteiger partial charge is 0.407 e. The van der Waals surface area contributed by atoms with Crippen molar-refractivity contribution in [1.29, 1.82) is 0 Å². The molecule has 0 aliphatic carbocycles. The number of alkyl carbamates (subject to hydrolysis) is 1. The number of terminal acetylenes is 1. The van der Waals surface area contributed by atoms with Crippen LogP contribution in [0.1, 0.15) is 40.5 Å². The summed E-state index contributed by atoms with van der Waals surface area (Å²) < 4.78 is 5.12. The molecule has 1 atom stereocenters. The predicted molar refractivity (Wildman–Crippen MR) is 69.8 cm³/mol. The molecule has 0 spiro atoms. The summed E-state index contributed by atoms with van der Waals surface area (Å²) in [6.07, 6.45) is 6.66. The number of carbonyl (C=O) groups is 1. The maximum absolute atomic E-state index is 11.3. The lowest BCUT2D eigenvalue weighted by Gasteiger charge is -2.19. The number of nitrogens with one attached hydrogen (secondary N) is 2. The van der Waals surface area contributed by atoms with E-state index in [-0.39, 0.29) is 6.09 Å².